The number of hydrogen-bond acceptors (Lipinski definition) is 6. The second-order valence-corrected chi connectivity index (χ2v) is 10.2. The summed E-state index contributed by atoms with van der Waals surface area (Å²) in [4.78, 5) is 26.5. The number of imide groups is 1. The van der Waals surface area contributed by atoms with E-state index in [-0.39, 0.29) is 30.6 Å². The number of benzene rings is 2. The van der Waals surface area contributed by atoms with Crippen molar-refractivity contribution in [3.8, 4) is 5.75 Å². The van der Waals surface area contributed by atoms with E-state index < -0.39 is 30.5 Å². The Morgan fingerprint density at radius 3 is 2.32 bits per heavy atom. The number of rotatable bonds is 8. The van der Waals surface area contributed by atoms with Crippen LogP contribution in [0, 0.1) is 31.6 Å². The highest BCUT2D eigenvalue weighted by Gasteiger charge is 2.53. The highest BCUT2D eigenvalue weighted by molar-refractivity contribution is 6.05. The van der Waals surface area contributed by atoms with E-state index in [0.717, 1.165) is 32.7 Å². The van der Waals surface area contributed by atoms with Crippen molar-refractivity contribution in [3.05, 3.63) is 75.9 Å². The zero-order chi connectivity index (χ0) is 26.9. The predicted molar refractivity (Wildman–Crippen MR) is 141 cm³/mol. The number of phenolic OH excluding ortho intramolecular Hbond substituents is 1. The lowest BCUT2D eigenvalue weighted by Crippen LogP contribution is -2.39. The maximum Gasteiger partial charge on any atom is 0.233 e. The fourth-order valence-electron chi connectivity index (χ4n) is 5.94. The number of carbonyl (C=O) groups is 2. The zero-order valence-electron chi connectivity index (χ0n) is 21.5. The molecule has 2 aromatic carbocycles. The summed E-state index contributed by atoms with van der Waals surface area (Å²) in [6.07, 6.45) is 2.04. The molecule has 37 heavy (non-hydrogen) atoms. The van der Waals surface area contributed by atoms with Crippen molar-refractivity contribution in [2.24, 2.45) is 17.8 Å². The van der Waals surface area contributed by atoms with E-state index in [2.05, 4.69) is 0 Å². The van der Waals surface area contributed by atoms with Gasteiger partial charge in [-0.2, -0.15) is 0 Å². The number of aliphatic hydroxyl groups is 3. The average molecular weight is 506 g/mol. The molecule has 1 heterocycles. The van der Waals surface area contributed by atoms with Crippen molar-refractivity contribution in [3.63, 3.8) is 0 Å². The molecule has 1 aliphatic heterocycles. The molecule has 196 valence electrons. The first kappa shape index (κ1) is 26.8. The van der Waals surface area contributed by atoms with E-state index >= 15 is 0 Å². The van der Waals surface area contributed by atoms with Gasteiger partial charge >= 0.3 is 0 Å². The number of allylic oxidation sites excluding steroid dienone is 1. The smallest absolute Gasteiger partial charge is 0.233 e. The van der Waals surface area contributed by atoms with E-state index in [0.29, 0.717) is 24.0 Å². The lowest BCUT2D eigenvalue weighted by atomic mass is 9.68. The number of amides is 2. The third kappa shape index (κ3) is 5.12. The van der Waals surface area contributed by atoms with E-state index in [1.54, 1.807) is 0 Å². The van der Waals surface area contributed by atoms with Crippen molar-refractivity contribution in [1.82, 2.24) is 4.90 Å². The number of phenols is 1. The second-order valence-electron chi connectivity index (χ2n) is 10.2. The highest BCUT2D eigenvalue weighted by Crippen LogP contribution is 2.46. The van der Waals surface area contributed by atoms with Crippen LogP contribution in [0.4, 0.5) is 0 Å². The molecule has 1 aliphatic carbocycles. The van der Waals surface area contributed by atoms with Gasteiger partial charge in [-0.05, 0) is 84.2 Å². The Morgan fingerprint density at radius 1 is 1.08 bits per heavy atom. The molecule has 0 unspecified atom stereocenters. The fraction of sp³-hybridized carbons (Fsp3) is 0.400. The number of nitrogens with zero attached hydrogens (tertiary/aromatic N) is 1. The van der Waals surface area contributed by atoms with Crippen LogP contribution >= 0.6 is 0 Å². The third-order valence-corrected chi connectivity index (χ3v) is 7.84. The van der Waals surface area contributed by atoms with Crippen LogP contribution in [0.2, 0.25) is 0 Å². The molecule has 4 N–H and O–H groups in total. The third-order valence-electron chi connectivity index (χ3n) is 7.84. The zero-order valence-corrected chi connectivity index (χ0v) is 21.5. The number of aliphatic hydroxyl groups excluding tert-OH is 3. The van der Waals surface area contributed by atoms with Crippen molar-refractivity contribution in [1.29, 1.82) is 0 Å². The van der Waals surface area contributed by atoms with Gasteiger partial charge in [-0.3, -0.25) is 14.5 Å². The van der Waals surface area contributed by atoms with Crippen LogP contribution in [0.15, 0.2) is 53.6 Å². The van der Waals surface area contributed by atoms with Crippen LogP contribution in [-0.4, -0.2) is 63.5 Å². The minimum atomic E-state index is -0.996. The molecule has 0 spiro atoms. The Labute approximate surface area is 217 Å². The number of hydrogen-bond donors (Lipinski definition) is 4. The first-order chi connectivity index (χ1) is 17.7. The van der Waals surface area contributed by atoms with Crippen molar-refractivity contribution in [2.45, 2.75) is 39.2 Å². The molecule has 1 fully saturated rings. The molecule has 4 rings (SSSR count). The summed E-state index contributed by atoms with van der Waals surface area (Å²) in [5, 5.41) is 41.9. The van der Waals surface area contributed by atoms with Gasteiger partial charge in [0.2, 0.25) is 11.8 Å². The van der Waals surface area contributed by atoms with Gasteiger partial charge in [-0.1, -0.05) is 36.4 Å². The molecule has 2 aliphatic rings. The minimum Gasteiger partial charge on any atom is -0.507 e. The lowest BCUT2D eigenvalue weighted by molar-refractivity contribution is -0.138. The molecule has 0 radical (unpaired) electrons. The van der Waals surface area contributed by atoms with Gasteiger partial charge in [0.05, 0.1) is 31.2 Å². The summed E-state index contributed by atoms with van der Waals surface area (Å²) in [6.45, 7) is 2.97. The van der Waals surface area contributed by atoms with Crippen molar-refractivity contribution >= 4 is 23.5 Å². The van der Waals surface area contributed by atoms with Crippen LogP contribution in [0.5, 0.6) is 5.75 Å². The van der Waals surface area contributed by atoms with Crippen LogP contribution in [0.25, 0.3) is 11.6 Å². The Kier molecular flexibility index (Phi) is 7.97. The van der Waals surface area contributed by atoms with E-state index in [1.165, 1.54) is 7.05 Å². The average Bonchev–Trinajstić information content (AvgIpc) is 3.12. The summed E-state index contributed by atoms with van der Waals surface area (Å²) in [7, 11) is 1.44. The van der Waals surface area contributed by atoms with Gasteiger partial charge in [0.15, 0.2) is 0 Å². The van der Waals surface area contributed by atoms with Crippen LogP contribution in [-0.2, 0) is 9.59 Å². The summed E-state index contributed by atoms with van der Waals surface area (Å²) < 4.78 is 0. The van der Waals surface area contributed by atoms with Crippen LogP contribution in [0.3, 0.4) is 0 Å². The van der Waals surface area contributed by atoms with Gasteiger partial charge in [0.1, 0.15) is 5.75 Å². The summed E-state index contributed by atoms with van der Waals surface area (Å²) in [5.74, 6) is -2.44. The van der Waals surface area contributed by atoms with Gasteiger partial charge in [-0.25, -0.2) is 0 Å². The summed E-state index contributed by atoms with van der Waals surface area (Å²) in [6, 6.07) is 13.6. The molecule has 0 saturated carbocycles. The van der Waals surface area contributed by atoms with Crippen molar-refractivity contribution < 1.29 is 30.0 Å². The molecular formula is C30H35NO6. The monoisotopic (exact) mass is 505 g/mol. The Balaban J connectivity index is 1.65. The number of aromatic hydroxyl groups is 1. The maximum atomic E-state index is 12.8. The van der Waals surface area contributed by atoms with Crippen LogP contribution < -0.4 is 0 Å². The standard InChI is InChI=1S/C30H35NO6/c1-17-11-19(12-18(2)28(17)35)13-21(20-7-5-4-6-8-20)9-10-25(34)26-22(15-32)14-23-27(24(26)16-33)30(37)31(3)29(23)36/h4-8,11-13,23-25,27,32-35H,9-10,14-16H2,1-3H3/b21-13-/t23-,24+,25-,27-/m1/s1. The quantitative estimate of drug-likeness (QED) is 0.249. The van der Waals surface area contributed by atoms with Crippen LogP contribution in [0.1, 0.15) is 41.5 Å². The van der Waals surface area contributed by atoms with E-state index in [1.807, 2.05) is 62.4 Å². The predicted octanol–water partition coefficient (Wildman–Crippen LogP) is 3.22. The first-order valence-corrected chi connectivity index (χ1v) is 12.7. The van der Waals surface area contributed by atoms with E-state index in [9.17, 15) is 30.0 Å². The number of fused-ring (bicyclic) bond motifs is 1. The minimum absolute atomic E-state index is 0.201. The Bertz CT molecular complexity index is 1220. The molecular weight excluding hydrogens is 470 g/mol. The SMILES string of the molecule is Cc1cc(/C=C(/CC[C@@H](O)C2=C(CO)C[C@H]3C(=O)N(C)C(=O)[C@H]3[C@H]2CO)c2ccccc2)cc(C)c1O. The summed E-state index contributed by atoms with van der Waals surface area (Å²) >= 11 is 0. The Morgan fingerprint density at radius 2 is 1.73 bits per heavy atom. The molecule has 2 amide bonds. The number of likely N-dealkylation sites (tertiary alicyclic amines) is 1. The topological polar surface area (TPSA) is 118 Å². The molecule has 2 aromatic rings. The van der Waals surface area contributed by atoms with E-state index in [4.69, 9.17) is 0 Å². The largest absolute Gasteiger partial charge is 0.507 e. The molecule has 7 nitrogen and oxygen atoms in total. The molecule has 0 bridgehead atoms. The normalized spacial score (nSPS) is 23.0. The van der Waals surface area contributed by atoms with Gasteiger partial charge in [-0.15, -0.1) is 0 Å². The molecule has 4 atom stereocenters. The number of carbonyl (C=O) groups excluding carboxylic acids is 2. The lowest BCUT2D eigenvalue weighted by Gasteiger charge is -2.36. The Hall–Kier alpha value is -3.26. The molecule has 7 heteroatoms. The van der Waals surface area contributed by atoms with Gasteiger partial charge < -0.3 is 20.4 Å². The number of aryl methyl sites for hydroxylation is 2. The molecule has 1 saturated heterocycles. The summed E-state index contributed by atoms with van der Waals surface area (Å²) in [5.41, 5.74) is 5.47. The maximum absolute atomic E-state index is 12.8. The second kappa shape index (κ2) is 11.0. The van der Waals surface area contributed by atoms with Gasteiger partial charge in [0.25, 0.3) is 0 Å². The molecule has 0 aromatic heterocycles. The van der Waals surface area contributed by atoms with Crippen molar-refractivity contribution in [2.75, 3.05) is 20.3 Å². The first-order valence-electron chi connectivity index (χ1n) is 12.7. The highest BCUT2D eigenvalue weighted by atomic mass is 16.3. The van der Waals surface area contributed by atoms with Gasteiger partial charge in [0, 0.05) is 13.0 Å². The fourth-order valence-corrected chi connectivity index (χ4v) is 5.94.